The van der Waals surface area contributed by atoms with E-state index >= 15 is 0 Å². The Balaban J connectivity index is 1.36. The Bertz CT molecular complexity index is 1230. The van der Waals surface area contributed by atoms with Crippen LogP contribution in [0.5, 0.6) is 11.5 Å². The van der Waals surface area contributed by atoms with Gasteiger partial charge in [-0.3, -0.25) is 4.79 Å². The molecule has 1 aliphatic rings. The fraction of sp³-hybridized carbons (Fsp3) is 0.308. The molecule has 3 heterocycles. The summed E-state index contributed by atoms with van der Waals surface area (Å²) in [5, 5.41) is 3.17. The van der Waals surface area contributed by atoms with Gasteiger partial charge in [-0.05, 0) is 66.1 Å². The summed E-state index contributed by atoms with van der Waals surface area (Å²) in [7, 11) is 3.31. The van der Waals surface area contributed by atoms with Crippen LogP contribution in [0.25, 0.3) is 10.2 Å². The van der Waals surface area contributed by atoms with E-state index in [4.69, 9.17) is 14.5 Å². The lowest BCUT2D eigenvalue weighted by atomic mass is 9.90. The molecule has 0 radical (unpaired) electrons. The van der Waals surface area contributed by atoms with E-state index < -0.39 is 0 Å². The number of methoxy groups -OCH3 is 2. The summed E-state index contributed by atoms with van der Waals surface area (Å²) < 4.78 is 12.3. The zero-order valence-electron chi connectivity index (χ0n) is 18.7. The molecule has 1 unspecified atom stereocenters. The van der Waals surface area contributed by atoms with E-state index in [1.807, 2.05) is 35.2 Å². The van der Waals surface area contributed by atoms with Crippen LogP contribution in [0.15, 0.2) is 53.9 Å². The Labute approximate surface area is 201 Å². The highest BCUT2D eigenvalue weighted by molar-refractivity contribution is 7.18. The number of thiophene rings is 1. The monoisotopic (exact) mass is 478 g/mol. The predicted octanol–water partition coefficient (Wildman–Crippen LogP) is 5.87. The molecule has 0 N–H and O–H groups in total. The molecule has 2 aromatic carbocycles. The molecule has 0 bridgehead atoms. The smallest absolute Gasteiger partial charge is 0.223 e. The highest BCUT2D eigenvalue weighted by Gasteiger charge is 2.33. The number of hydrogen-bond donors (Lipinski definition) is 0. The maximum Gasteiger partial charge on any atom is 0.223 e. The lowest BCUT2D eigenvalue weighted by Gasteiger charge is -2.37. The van der Waals surface area contributed by atoms with Gasteiger partial charge < -0.3 is 14.4 Å². The summed E-state index contributed by atoms with van der Waals surface area (Å²) in [6.45, 7) is 0.699. The van der Waals surface area contributed by atoms with Crippen molar-refractivity contribution in [1.82, 2.24) is 9.88 Å². The third-order valence-corrected chi connectivity index (χ3v) is 8.15. The number of nitrogens with zero attached hydrogens (tertiary/aromatic N) is 2. The number of fused-ring (bicyclic) bond motifs is 2. The van der Waals surface area contributed by atoms with Crippen LogP contribution in [0.4, 0.5) is 0 Å². The molecule has 0 fully saturated rings. The predicted molar refractivity (Wildman–Crippen MR) is 134 cm³/mol. The topological polar surface area (TPSA) is 51.7 Å². The van der Waals surface area contributed by atoms with Crippen LogP contribution in [0.1, 0.15) is 39.9 Å². The van der Waals surface area contributed by atoms with Gasteiger partial charge >= 0.3 is 0 Å². The van der Waals surface area contributed by atoms with Crippen molar-refractivity contribution in [3.05, 3.63) is 74.9 Å². The van der Waals surface area contributed by atoms with Gasteiger partial charge in [0.15, 0.2) is 11.5 Å². The summed E-state index contributed by atoms with van der Waals surface area (Å²) in [6, 6.07) is 16.4. The van der Waals surface area contributed by atoms with Crippen molar-refractivity contribution in [3.63, 3.8) is 0 Å². The van der Waals surface area contributed by atoms with E-state index in [0.29, 0.717) is 18.7 Å². The molecule has 33 heavy (non-hydrogen) atoms. The average Bonchev–Trinajstić information content (AvgIpc) is 3.52. The SMILES string of the molecule is COc1cc2c(cc1OC)C(c1cccs1)N(C(=O)CCCc1nc3ccccc3s1)CC2. The van der Waals surface area contributed by atoms with E-state index in [1.165, 1.54) is 15.1 Å². The number of thiazole rings is 1. The van der Waals surface area contributed by atoms with Crippen LogP contribution in [0.3, 0.4) is 0 Å². The number of rotatable bonds is 7. The third kappa shape index (κ3) is 4.35. The van der Waals surface area contributed by atoms with Crippen molar-refractivity contribution in [2.24, 2.45) is 0 Å². The third-order valence-electron chi connectivity index (χ3n) is 6.13. The second kappa shape index (κ2) is 9.53. The zero-order chi connectivity index (χ0) is 22.8. The molecule has 5 nitrogen and oxygen atoms in total. The Hall–Kier alpha value is -2.90. The van der Waals surface area contributed by atoms with Crippen molar-refractivity contribution in [2.75, 3.05) is 20.8 Å². The number of carbonyl (C=O) groups is 1. The first-order chi connectivity index (χ1) is 16.2. The zero-order valence-corrected chi connectivity index (χ0v) is 20.4. The van der Waals surface area contributed by atoms with E-state index in [0.717, 1.165) is 41.1 Å². The molecule has 1 aliphatic heterocycles. The van der Waals surface area contributed by atoms with Crippen LogP contribution >= 0.6 is 22.7 Å². The number of amides is 1. The Morgan fingerprint density at radius 1 is 1.12 bits per heavy atom. The van der Waals surface area contributed by atoms with Crippen LogP contribution in [0, 0.1) is 0 Å². The summed E-state index contributed by atoms with van der Waals surface area (Å²) in [5.74, 6) is 1.62. The highest BCUT2D eigenvalue weighted by atomic mass is 32.1. The molecule has 0 spiro atoms. The van der Waals surface area contributed by atoms with Gasteiger partial charge in [0.2, 0.25) is 5.91 Å². The minimum atomic E-state index is -0.0940. The highest BCUT2D eigenvalue weighted by Crippen LogP contribution is 2.42. The van der Waals surface area contributed by atoms with Gasteiger partial charge in [0, 0.05) is 17.8 Å². The number of hydrogen-bond acceptors (Lipinski definition) is 6. The van der Waals surface area contributed by atoms with Gasteiger partial charge in [0.1, 0.15) is 0 Å². The number of aromatic nitrogens is 1. The van der Waals surface area contributed by atoms with E-state index in [-0.39, 0.29) is 11.9 Å². The van der Waals surface area contributed by atoms with Gasteiger partial charge in [-0.25, -0.2) is 4.98 Å². The normalized spacial score (nSPS) is 15.5. The number of benzene rings is 2. The maximum atomic E-state index is 13.4. The summed E-state index contributed by atoms with van der Waals surface area (Å²) in [4.78, 5) is 21.3. The minimum Gasteiger partial charge on any atom is -0.493 e. The van der Waals surface area contributed by atoms with Crippen molar-refractivity contribution in [2.45, 2.75) is 31.7 Å². The fourth-order valence-electron chi connectivity index (χ4n) is 4.53. The molecule has 1 atom stereocenters. The van der Waals surface area contributed by atoms with Gasteiger partial charge in [-0.2, -0.15) is 0 Å². The Morgan fingerprint density at radius 3 is 2.70 bits per heavy atom. The standard InChI is InChI=1S/C26H26N2O3S2/c1-30-20-15-17-12-13-28(26(23-9-6-14-32-23)18(17)16-21(20)31-2)25(29)11-5-10-24-27-19-7-3-4-8-22(19)33-24/h3-4,6-9,14-16,26H,5,10-13H2,1-2H3. The molecule has 2 aromatic heterocycles. The summed E-state index contributed by atoms with van der Waals surface area (Å²) in [5.41, 5.74) is 3.38. The molecule has 1 amide bonds. The van der Waals surface area contributed by atoms with Crippen molar-refractivity contribution < 1.29 is 14.3 Å². The first-order valence-corrected chi connectivity index (χ1v) is 12.8. The molecule has 4 aromatic rings. The van der Waals surface area contributed by atoms with Crippen molar-refractivity contribution in [1.29, 1.82) is 0 Å². The lowest BCUT2D eigenvalue weighted by Crippen LogP contribution is -2.40. The number of carbonyl (C=O) groups excluding carboxylic acids is 1. The molecular formula is C26H26N2O3S2. The van der Waals surface area contributed by atoms with Crippen LogP contribution in [-0.4, -0.2) is 36.6 Å². The number of para-hydroxylation sites is 1. The van der Waals surface area contributed by atoms with E-state index in [2.05, 4.69) is 23.6 Å². The molecule has 5 rings (SSSR count). The lowest BCUT2D eigenvalue weighted by molar-refractivity contribution is -0.133. The number of aryl methyl sites for hydroxylation is 1. The van der Waals surface area contributed by atoms with E-state index in [1.54, 1.807) is 36.9 Å². The van der Waals surface area contributed by atoms with Gasteiger partial charge in [-0.1, -0.05) is 18.2 Å². The van der Waals surface area contributed by atoms with Gasteiger partial charge in [-0.15, -0.1) is 22.7 Å². The van der Waals surface area contributed by atoms with E-state index in [9.17, 15) is 4.79 Å². The first-order valence-electron chi connectivity index (χ1n) is 11.1. The van der Waals surface area contributed by atoms with Gasteiger partial charge in [0.05, 0.1) is 35.5 Å². The minimum absolute atomic E-state index is 0.0940. The maximum absolute atomic E-state index is 13.4. The number of ether oxygens (including phenoxy) is 2. The van der Waals surface area contributed by atoms with Crippen LogP contribution in [-0.2, 0) is 17.6 Å². The second-order valence-electron chi connectivity index (χ2n) is 8.09. The summed E-state index contributed by atoms with van der Waals surface area (Å²) in [6.07, 6.45) is 2.94. The quantitative estimate of drug-likeness (QED) is 0.333. The largest absolute Gasteiger partial charge is 0.493 e. The van der Waals surface area contributed by atoms with Crippen molar-refractivity contribution >= 4 is 38.8 Å². The van der Waals surface area contributed by atoms with Gasteiger partial charge in [0.25, 0.3) is 0 Å². The fourth-order valence-corrected chi connectivity index (χ4v) is 6.39. The Morgan fingerprint density at radius 2 is 1.94 bits per heavy atom. The summed E-state index contributed by atoms with van der Waals surface area (Å²) >= 11 is 3.41. The van der Waals surface area contributed by atoms with Crippen molar-refractivity contribution in [3.8, 4) is 11.5 Å². The molecule has 7 heteroatoms. The first kappa shape index (κ1) is 21.9. The molecule has 170 valence electrons. The molecule has 0 saturated carbocycles. The molecule has 0 saturated heterocycles. The second-order valence-corrected chi connectivity index (χ2v) is 10.2. The molecular weight excluding hydrogens is 452 g/mol. The Kier molecular flexibility index (Phi) is 6.33. The van der Waals surface area contributed by atoms with Crippen LogP contribution in [0.2, 0.25) is 0 Å². The average molecular weight is 479 g/mol. The van der Waals surface area contributed by atoms with Crippen LogP contribution < -0.4 is 9.47 Å². The molecule has 0 aliphatic carbocycles.